The minimum Gasteiger partial charge on any atom is -0.497 e. The Morgan fingerprint density at radius 2 is 2.06 bits per heavy atom. The molecular formula is C12H20N2O2. The van der Waals surface area contributed by atoms with E-state index in [0.717, 1.165) is 23.6 Å². The van der Waals surface area contributed by atoms with Crippen molar-refractivity contribution in [3.8, 4) is 11.5 Å². The Labute approximate surface area is 96.7 Å². The molecule has 1 atom stereocenters. The lowest BCUT2D eigenvalue weighted by Crippen LogP contribution is -2.32. The standard InChI is InChI=1S/C12H20N2O2/c1-9(7-13)14-8-10-6-11(15-2)4-5-12(10)16-3/h4-6,9,14H,7-8,13H2,1-3H3/t9-/m1/s1. The molecule has 90 valence electrons. The molecule has 4 heteroatoms. The molecule has 0 aromatic heterocycles. The first-order chi connectivity index (χ1) is 7.71. The van der Waals surface area contributed by atoms with E-state index in [-0.39, 0.29) is 6.04 Å². The van der Waals surface area contributed by atoms with E-state index >= 15 is 0 Å². The summed E-state index contributed by atoms with van der Waals surface area (Å²) in [6.07, 6.45) is 0. The summed E-state index contributed by atoms with van der Waals surface area (Å²) in [5, 5.41) is 3.31. The highest BCUT2D eigenvalue weighted by Gasteiger charge is 2.06. The van der Waals surface area contributed by atoms with Gasteiger partial charge in [0.15, 0.2) is 0 Å². The van der Waals surface area contributed by atoms with E-state index in [4.69, 9.17) is 15.2 Å². The van der Waals surface area contributed by atoms with Crippen LogP contribution in [0.2, 0.25) is 0 Å². The van der Waals surface area contributed by atoms with Crippen LogP contribution in [0.5, 0.6) is 11.5 Å². The quantitative estimate of drug-likeness (QED) is 0.761. The first-order valence-electron chi connectivity index (χ1n) is 5.35. The van der Waals surface area contributed by atoms with Crippen molar-refractivity contribution in [1.82, 2.24) is 5.32 Å². The van der Waals surface area contributed by atoms with Crippen LogP contribution in [0.3, 0.4) is 0 Å². The van der Waals surface area contributed by atoms with Crippen molar-refractivity contribution in [1.29, 1.82) is 0 Å². The van der Waals surface area contributed by atoms with E-state index in [9.17, 15) is 0 Å². The molecule has 0 radical (unpaired) electrons. The first kappa shape index (κ1) is 12.8. The monoisotopic (exact) mass is 224 g/mol. The second-order valence-corrected chi connectivity index (χ2v) is 3.70. The molecule has 0 amide bonds. The minimum atomic E-state index is 0.288. The molecule has 0 spiro atoms. The average Bonchev–Trinajstić information content (AvgIpc) is 2.35. The minimum absolute atomic E-state index is 0.288. The lowest BCUT2D eigenvalue weighted by molar-refractivity contribution is 0.395. The zero-order chi connectivity index (χ0) is 12.0. The number of hydrogen-bond acceptors (Lipinski definition) is 4. The lowest BCUT2D eigenvalue weighted by Gasteiger charge is -2.14. The van der Waals surface area contributed by atoms with Crippen molar-refractivity contribution in [3.63, 3.8) is 0 Å². The molecule has 0 fully saturated rings. The maximum absolute atomic E-state index is 5.54. The number of methoxy groups -OCH3 is 2. The van der Waals surface area contributed by atoms with E-state index in [1.165, 1.54) is 0 Å². The van der Waals surface area contributed by atoms with Crippen LogP contribution in [0.4, 0.5) is 0 Å². The zero-order valence-electron chi connectivity index (χ0n) is 10.1. The van der Waals surface area contributed by atoms with E-state index in [2.05, 4.69) is 5.32 Å². The normalized spacial score (nSPS) is 12.2. The Bertz CT molecular complexity index is 329. The molecule has 1 aromatic carbocycles. The second kappa shape index (κ2) is 6.35. The number of nitrogens with two attached hydrogens (primary N) is 1. The Morgan fingerprint density at radius 3 is 2.62 bits per heavy atom. The summed E-state index contributed by atoms with van der Waals surface area (Å²) in [4.78, 5) is 0. The summed E-state index contributed by atoms with van der Waals surface area (Å²) in [5.74, 6) is 1.69. The summed E-state index contributed by atoms with van der Waals surface area (Å²) in [7, 11) is 3.32. The highest BCUT2D eigenvalue weighted by Crippen LogP contribution is 2.23. The molecule has 0 bridgehead atoms. The van der Waals surface area contributed by atoms with Gasteiger partial charge in [-0.15, -0.1) is 0 Å². The van der Waals surface area contributed by atoms with Crippen LogP contribution in [0, 0.1) is 0 Å². The molecule has 0 saturated carbocycles. The topological polar surface area (TPSA) is 56.5 Å². The van der Waals surface area contributed by atoms with Crippen molar-refractivity contribution in [2.75, 3.05) is 20.8 Å². The number of ether oxygens (including phenoxy) is 2. The van der Waals surface area contributed by atoms with E-state index < -0.39 is 0 Å². The molecule has 0 aliphatic heterocycles. The molecule has 0 heterocycles. The fraction of sp³-hybridized carbons (Fsp3) is 0.500. The Balaban J connectivity index is 2.75. The summed E-state index contributed by atoms with van der Waals surface area (Å²) in [6.45, 7) is 3.39. The number of hydrogen-bond donors (Lipinski definition) is 2. The molecule has 0 saturated heterocycles. The van der Waals surface area contributed by atoms with Crippen LogP contribution in [0.1, 0.15) is 12.5 Å². The van der Waals surface area contributed by atoms with E-state index in [0.29, 0.717) is 6.54 Å². The summed E-state index contributed by atoms with van der Waals surface area (Å²) in [5.41, 5.74) is 6.62. The number of nitrogens with one attached hydrogen (secondary N) is 1. The van der Waals surface area contributed by atoms with Crippen LogP contribution in [0.25, 0.3) is 0 Å². The third-order valence-electron chi connectivity index (χ3n) is 2.48. The van der Waals surface area contributed by atoms with Gasteiger partial charge in [0, 0.05) is 24.7 Å². The van der Waals surface area contributed by atoms with Crippen LogP contribution in [0.15, 0.2) is 18.2 Å². The third-order valence-corrected chi connectivity index (χ3v) is 2.48. The van der Waals surface area contributed by atoms with Crippen molar-refractivity contribution in [2.24, 2.45) is 5.73 Å². The van der Waals surface area contributed by atoms with Gasteiger partial charge in [0.2, 0.25) is 0 Å². The Kier molecular flexibility index (Phi) is 5.08. The number of rotatable bonds is 6. The van der Waals surface area contributed by atoms with Gasteiger partial charge in [-0.05, 0) is 25.1 Å². The fourth-order valence-electron chi connectivity index (χ4n) is 1.39. The van der Waals surface area contributed by atoms with Crippen LogP contribution < -0.4 is 20.5 Å². The van der Waals surface area contributed by atoms with Crippen molar-refractivity contribution < 1.29 is 9.47 Å². The molecular weight excluding hydrogens is 204 g/mol. The fourth-order valence-corrected chi connectivity index (χ4v) is 1.39. The molecule has 0 aliphatic carbocycles. The van der Waals surface area contributed by atoms with Gasteiger partial charge in [0.05, 0.1) is 14.2 Å². The third kappa shape index (κ3) is 3.40. The predicted octanol–water partition coefficient (Wildman–Crippen LogP) is 1.14. The zero-order valence-corrected chi connectivity index (χ0v) is 10.1. The molecule has 1 aromatic rings. The molecule has 4 nitrogen and oxygen atoms in total. The van der Waals surface area contributed by atoms with Gasteiger partial charge in [-0.3, -0.25) is 0 Å². The van der Waals surface area contributed by atoms with Gasteiger partial charge >= 0.3 is 0 Å². The molecule has 0 unspecified atom stereocenters. The predicted molar refractivity (Wildman–Crippen MR) is 64.9 cm³/mol. The van der Waals surface area contributed by atoms with E-state index in [1.807, 2.05) is 25.1 Å². The SMILES string of the molecule is COc1ccc(OC)c(CN[C@H](C)CN)c1. The summed E-state index contributed by atoms with van der Waals surface area (Å²) < 4.78 is 10.5. The van der Waals surface area contributed by atoms with Gasteiger partial charge in [0.1, 0.15) is 11.5 Å². The molecule has 16 heavy (non-hydrogen) atoms. The molecule has 1 rings (SSSR count). The lowest BCUT2D eigenvalue weighted by atomic mass is 10.1. The van der Waals surface area contributed by atoms with Crippen molar-refractivity contribution in [2.45, 2.75) is 19.5 Å². The van der Waals surface area contributed by atoms with Crippen LogP contribution >= 0.6 is 0 Å². The first-order valence-corrected chi connectivity index (χ1v) is 5.35. The average molecular weight is 224 g/mol. The van der Waals surface area contributed by atoms with Gasteiger partial charge in [-0.1, -0.05) is 0 Å². The van der Waals surface area contributed by atoms with Gasteiger partial charge in [-0.25, -0.2) is 0 Å². The molecule has 3 N–H and O–H groups in total. The molecule has 0 aliphatic rings. The van der Waals surface area contributed by atoms with Crippen molar-refractivity contribution in [3.05, 3.63) is 23.8 Å². The second-order valence-electron chi connectivity index (χ2n) is 3.70. The highest BCUT2D eigenvalue weighted by molar-refractivity contribution is 5.40. The smallest absolute Gasteiger partial charge is 0.123 e. The van der Waals surface area contributed by atoms with Gasteiger partial charge in [0.25, 0.3) is 0 Å². The van der Waals surface area contributed by atoms with E-state index in [1.54, 1.807) is 14.2 Å². The van der Waals surface area contributed by atoms with Gasteiger partial charge in [-0.2, -0.15) is 0 Å². The largest absolute Gasteiger partial charge is 0.497 e. The summed E-state index contributed by atoms with van der Waals surface area (Å²) in [6, 6.07) is 6.04. The van der Waals surface area contributed by atoms with Crippen molar-refractivity contribution >= 4 is 0 Å². The maximum Gasteiger partial charge on any atom is 0.123 e. The number of benzene rings is 1. The van der Waals surface area contributed by atoms with Gasteiger partial charge < -0.3 is 20.5 Å². The Morgan fingerprint density at radius 1 is 1.31 bits per heavy atom. The van der Waals surface area contributed by atoms with Crippen LogP contribution in [-0.4, -0.2) is 26.8 Å². The highest BCUT2D eigenvalue weighted by atomic mass is 16.5. The summed E-state index contributed by atoms with van der Waals surface area (Å²) >= 11 is 0. The maximum atomic E-state index is 5.54. The Hall–Kier alpha value is -1.26. The van der Waals surface area contributed by atoms with Crippen LogP contribution in [-0.2, 0) is 6.54 Å².